The molecule has 0 fully saturated rings. The van der Waals surface area contributed by atoms with Crippen LogP contribution in [0.1, 0.15) is 0 Å². The number of hydrogen-bond donors (Lipinski definition) is 1. The molecule has 0 spiro atoms. The monoisotopic (exact) mass is 187 g/mol. The summed E-state index contributed by atoms with van der Waals surface area (Å²) in [7, 11) is 0. The van der Waals surface area contributed by atoms with E-state index in [1.54, 1.807) is 10.8 Å². The molecule has 1 aromatic carbocycles. The SMILES string of the molecule is Nc1nc2ccccc2n1/C=C/C=O. The predicted octanol–water partition coefficient (Wildman–Crippen LogP) is 1.29. The van der Waals surface area contributed by atoms with Crippen LogP contribution in [0.4, 0.5) is 5.95 Å². The average Bonchev–Trinajstić information content (AvgIpc) is 2.51. The molecule has 2 rings (SSSR count). The van der Waals surface area contributed by atoms with E-state index in [0.29, 0.717) is 12.2 Å². The molecular formula is C10H9N3O. The maximum absolute atomic E-state index is 10.2. The minimum Gasteiger partial charge on any atom is -0.369 e. The van der Waals surface area contributed by atoms with Crippen LogP contribution in [0.3, 0.4) is 0 Å². The first-order chi connectivity index (χ1) is 6.83. The van der Waals surface area contributed by atoms with Gasteiger partial charge in [-0.05, 0) is 18.2 Å². The zero-order valence-corrected chi connectivity index (χ0v) is 7.42. The topological polar surface area (TPSA) is 60.9 Å². The Kier molecular flexibility index (Phi) is 2.02. The van der Waals surface area contributed by atoms with Crippen LogP contribution in [0.2, 0.25) is 0 Å². The number of hydrogen-bond acceptors (Lipinski definition) is 3. The van der Waals surface area contributed by atoms with Crippen LogP contribution >= 0.6 is 0 Å². The number of nitrogen functional groups attached to an aromatic ring is 1. The molecule has 0 saturated carbocycles. The summed E-state index contributed by atoms with van der Waals surface area (Å²) in [6, 6.07) is 7.56. The van der Waals surface area contributed by atoms with Crippen LogP contribution in [0, 0.1) is 0 Å². The highest BCUT2D eigenvalue weighted by Crippen LogP contribution is 2.17. The Morgan fingerprint density at radius 1 is 1.36 bits per heavy atom. The molecule has 0 bridgehead atoms. The van der Waals surface area contributed by atoms with Gasteiger partial charge < -0.3 is 5.73 Å². The van der Waals surface area contributed by atoms with Crippen molar-refractivity contribution in [3.8, 4) is 0 Å². The van der Waals surface area contributed by atoms with Gasteiger partial charge in [0.2, 0.25) is 5.95 Å². The molecule has 4 heteroatoms. The van der Waals surface area contributed by atoms with E-state index in [4.69, 9.17) is 5.73 Å². The molecule has 0 aliphatic heterocycles. The zero-order chi connectivity index (χ0) is 9.97. The van der Waals surface area contributed by atoms with Crippen molar-refractivity contribution in [3.05, 3.63) is 30.3 Å². The van der Waals surface area contributed by atoms with Crippen LogP contribution in [0.15, 0.2) is 30.3 Å². The van der Waals surface area contributed by atoms with E-state index in [-0.39, 0.29) is 0 Å². The van der Waals surface area contributed by atoms with E-state index in [1.807, 2.05) is 24.3 Å². The fraction of sp³-hybridized carbons (Fsp3) is 0. The van der Waals surface area contributed by atoms with Gasteiger partial charge >= 0.3 is 0 Å². The van der Waals surface area contributed by atoms with Gasteiger partial charge in [0, 0.05) is 6.20 Å². The summed E-state index contributed by atoms with van der Waals surface area (Å²) in [5.74, 6) is 0.379. The average molecular weight is 187 g/mol. The minimum atomic E-state index is 0.379. The number of allylic oxidation sites excluding steroid dienone is 1. The van der Waals surface area contributed by atoms with Gasteiger partial charge in [-0.25, -0.2) is 4.98 Å². The van der Waals surface area contributed by atoms with E-state index in [2.05, 4.69) is 4.98 Å². The number of carbonyl (C=O) groups is 1. The van der Waals surface area contributed by atoms with Crippen LogP contribution in [-0.4, -0.2) is 15.8 Å². The quantitative estimate of drug-likeness (QED) is 0.569. The van der Waals surface area contributed by atoms with Gasteiger partial charge in [-0.3, -0.25) is 9.36 Å². The van der Waals surface area contributed by atoms with E-state index in [9.17, 15) is 4.79 Å². The molecule has 0 amide bonds. The minimum absolute atomic E-state index is 0.379. The summed E-state index contributed by atoms with van der Waals surface area (Å²) in [5, 5.41) is 0. The number of benzene rings is 1. The molecule has 1 heterocycles. The number of nitrogens with zero attached hydrogens (tertiary/aromatic N) is 2. The number of carbonyl (C=O) groups excluding carboxylic acids is 1. The second-order valence-electron chi connectivity index (χ2n) is 2.81. The molecule has 14 heavy (non-hydrogen) atoms. The number of imidazole rings is 1. The lowest BCUT2D eigenvalue weighted by atomic mass is 10.3. The number of nitrogens with two attached hydrogens (primary N) is 1. The first-order valence-corrected chi connectivity index (χ1v) is 4.17. The molecule has 70 valence electrons. The van der Waals surface area contributed by atoms with Gasteiger partial charge in [-0.1, -0.05) is 12.1 Å². The van der Waals surface area contributed by atoms with E-state index < -0.39 is 0 Å². The van der Waals surface area contributed by atoms with E-state index in [0.717, 1.165) is 11.0 Å². The maximum Gasteiger partial charge on any atom is 0.205 e. The fourth-order valence-corrected chi connectivity index (χ4v) is 1.34. The Balaban J connectivity index is 2.67. The van der Waals surface area contributed by atoms with E-state index in [1.165, 1.54) is 6.08 Å². The van der Waals surface area contributed by atoms with Crippen molar-refractivity contribution in [2.24, 2.45) is 0 Å². The Morgan fingerprint density at radius 3 is 2.93 bits per heavy atom. The second-order valence-corrected chi connectivity index (χ2v) is 2.81. The number of aromatic nitrogens is 2. The zero-order valence-electron chi connectivity index (χ0n) is 7.42. The highest BCUT2D eigenvalue weighted by atomic mass is 16.1. The van der Waals surface area contributed by atoms with Crippen molar-refractivity contribution in [2.45, 2.75) is 0 Å². The van der Waals surface area contributed by atoms with Crippen molar-refractivity contribution in [1.29, 1.82) is 0 Å². The molecule has 4 nitrogen and oxygen atoms in total. The Hall–Kier alpha value is -2.10. The summed E-state index contributed by atoms with van der Waals surface area (Å²) in [4.78, 5) is 14.3. The summed E-state index contributed by atoms with van der Waals surface area (Å²) in [6.07, 6.45) is 3.68. The predicted molar refractivity (Wildman–Crippen MR) is 55.5 cm³/mol. The molecule has 1 aromatic heterocycles. The number of anilines is 1. The molecule has 0 unspecified atom stereocenters. The van der Waals surface area contributed by atoms with Crippen LogP contribution < -0.4 is 5.73 Å². The third-order valence-corrected chi connectivity index (χ3v) is 1.94. The molecule has 0 saturated heterocycles. The van der Waals surface area contributed by atoms with Crippen molar-refractivity contribution in [1.82, 2.24) is 9.55 Å². The number of aldehydes is 1. The van der Waals surface area contributed by atoms with Gasteiger partial charge in [0.1, 0.15) is 6.29 Å². The van der Waals surface area contributed by atoms with Crippen molar-refractivity contribution in [2.75, 3.05) is 5.73 Å². The third kappa shape index (κ3) is 1.26. The van der Waals surface area contributed by atoms with E-state index >= 15 is 0 Å². The van der Waals surface area contributed by atoms with Crippen molar-refractivity contribution < 1.29 is 4.79 Å². The van der Waals surface area contributed by atoms with Crippen LogP contribution in [0.5, 0.6) is 0 Å². The molecule has 0 aliphatic rings. The third-order valence-electron chi connectivity index (χ3n) is 1.94. The number of fused-ring (bicyclic) bond motifs is 1. The number of para-hydroxylation sites is 2. The van der Waals surface area contributed by atoms with Gasteiger partial charge in [-0.2, -0.15) is 0 Å². The summed E-state index contributed by atoms with van der Waals surface area (Å²) in [5.41, 5.74) is 7.39. The van der Waals surface area contributed by atoms with Crippen LogP contribution in [-0.2, 0) is 4.79 Å². The fourth-order valence-electron chi connectivity index (χ4n) is 1.34. The normalized spacial score (nSPS) is 11.1. The lowest BCUT2D eigenvalue weighted by Gasteiger charge is -1.96. The standard InChI is InChI=1S/C10H9N3O/c11-10-12-8-4-1-2-5-9(8)13(10)6-3-7-14/h1-7H,(H2,11,12)/b6-3+. The summed E-state index contributed by atoms with van der Waals surface area (Å²) < 4.78 is 1.67. The first kappa shape index (κ1) is 8.50. The lowest BCUT2D eigenvalue weighted by Crippen LogP contribution is -1.95. The first-order valence-electron chi connectivity index (χ1n) is 4.17. The molecule has 0 radical (unpaired) electrons. The van der Waals surface area contributed by atoms with Crippen LogP contribution in [0.25, 0.3) is 17.2 Å². The van der Waals surface area contributed by atoms with Gasteiger partial charge in [0.05, 0.1) is 11.0 Å². The Bertz CT molecular complexity index is 499. The highest BCUT2D eigenvalue weighted by Gasteiger charge is 2.03. The maximum atomic E-state index is 10.2. The Labute approximate surface area is 80.7 Å². The van der Waals surface area contributed by atoms with Gasteiger partial charge in [-0.15, -0.1) is 0 Å². The molecule has 2 N–H and O–H groups in total. The molecule has 2 aromatic rings. The lowest BCUT2D eigenvalue weighted by molar-refractivity contribution is -0.104. The largest absolute Gasteiger partial charge is 0.369 e. The second kappa shape index (κ2) is 3.33. The van der Waals surface area contributed by atoms with Gasteiger partial charge in [0.25, 0.3) is 0 Å². The highest BCUT2D eigenvalue weighted by molar-refractivity contribution is 5.82. The van der Waals surface area contributed by atoms with Gasteiger partial charge in [0.15, 0.2) is 0 Å². The molecule has 0 atom stereocenters. The molecular weight excluding hydrogens is 178 g/mol. The van der Waals surface area contributed by atoms with Crippen molar-refractivity contribution >= 4 is 29.5 Å². The Morgan fingerprint density at radius 2 is 2.14 bits per heavy atom. The van der Waals surface area contributed by atoms with Crippen molar-refractivity contribution in [3.63, 3.8) is 0 Å². The number of rotatable bonds is 2. The smallest absolute Gasteiger partial charge is 0.205 e. The summed E-state index contributed by atoms with van der Waals surface area (Å²) >= 11 is 0. The summed E-state index contributed by atoms with van der Waals surface area (Å²) in [6.45, 7) is 0. The molecule has 0 aliphatic carbocycles.